The predicted molar refractivity (Wildman–Crippen MR) is 73.0 cm³/mol. The van der Waals surface area contributed by atoms with Crippen LogP contribution in [-0.2, 0) is 9.84 Å². The highest BCUT2D eigenvalue weighted by molar-refractivity contribution is 7.90. The van der Waals surface area contributed by atoms with Gasteiger partial charge in [0.25, 0.3) is 0 Å². The molecule has 2 N–H and O–H groups in total. The maximum absolute atomic E-state index is 11.5. The van der Waals surface area contributed by atoms with Gasteiger partial charge in [-0.3, -0.25) is 0 Å². The first-order valence-electron chi connectivity index (χ1n) is 5.56. The van der Waals surface area contributed by atoms with Crippen LogP contribution >= 0.6 is 0 Å². The van der Waals surface area contributed by atoms with E-state index in [1.54, 1.807) is 18.2 Å². The van der Waals surface area contributed by atoms with E-state index in [0.29, 0.717) is 17.3 Å². The van der Waals surface area contributed by atoms with Crippen molar-refractivity contribution in [1.29, 1.82) is 0 Å². The Morgan fingerprint density at radius 1 is 1.26 bits per heavy atom. The molecule has 1 aromatic carbocycles. The van der Waals surface area contributed by atoms with E-state index in [4.69, 9.17) is 10.5 Å². The second kappa shape index (κ2) is 4.89. The number of sulfone groups is 1. The second-order valence-corrected chi connectivity index (χ2v) is 6.26. The number of hydrogen-bond acceptors (Lipinski definition) is 5. The van der Waals surface area contributed by atoms with Crippen LogP contribution in [0.25, 0.3) is 0 Å². The van der Waals surface area contributed by atoms with E-state index >= 15 is 0 Å². The third kappa shape index (κ3) is 3.23. The molecule has 19 heavy (non-hydrogen) atoms. The molecule has 0 aliphatic rings. The standard InChI is InChI=1S/C13H14N2O3S/c1-9-6-10(14)8-15-13(9)18-11-4-3-5-12(7-11)19(2,16)17/h3-8H,14H2,1-2H3. The second-order valence-electron chi connectivity index (χ2n) is 4.24. The summed E-state index contributed by atoms with van der Waals surface area (Å²) in [7, 11) is -3.25. The summed E-state index contributed by atoms with van der Waals surface area (Å²) in [5.74, 6) is 0.822. The highest BCUT2D eigenvalue weighted by Crippen LogP contribution is 2.25. The largest absolute Gasteiger partial charge is 0.439 e. The zero-order valence-corrected chi connectivity index (χ0v) is 11.4. The third-order valence-electron chi connectivity index (χ3n) is 2.50. The first kappa shape index (κ1) is 13.4. The number of pyridine rings is 1. The zero-order valence-electron chi connectivity index (χ0n) is 10.6. The molecule has 0 aliphatic carbocycles. The van der Waals surface area contributed by atoms with E-state index in [1.165, 1.54) is 18.3 Å². The van der Waals surface area contributed by atoms with Gasteiger partial charge in [0.05, 0.1) is 16.8 Å². The van der Waals surface area contributed by atoms with Gasteiger partial charge in [-0.1, -0.05) is 6.07 Å². The maximum atomic E-state index is 11.5. The molecule has 0 amide bonds. The van der Waals surface area contributed by atoms with Crippen LogP contribution in [0.2, 0.25) is 0 Å². The van der Waals surface area contributed by atoms with E-state index in [-0.39, 0.29) is 4.90 Å². The fourth-order valence-corrected chi connectivity index (χ4v) is 2.23. The number of benzene rings is 1. The number of nitrogens with two attached hydrogens (primary N) is 1. The van der Waals surface area contributed by atoms with Crippen LogP contribution < -0.4 is 10.5 Å². The van der Waals surface area contributed by atoms with Gasteiger partial charge >= 0.3 is 0 Å². The number of ether oxygens (including phenoxy) is 1. The molecule has 1 aromatic heterocycles. The Labute approximate surface area is 112 Å². The summed E-state index contributed by atoms with van der Waals surface area (Å²) < 4.78 is 28.5. The first-order chi connectivity index (χ1) is 8.86. The summed E-state index contributed by atoms with van der Waals surface area (Å²) in [6, 6.07) is 8.02. The van der Waals surface area contributed by atoms with Crippen LogP contribution in [0.3, 0.4) is 0 Å². The fourth-order valence-electron chi connectivity index (χ4n) is 1.57. The number of nitrogens with zero attached hydrogens (tertiary/aromatic N) is 1. The molecule has 0 radical (unpaired) electrons. The molecule has 5 nitrogen and oxygen atoms in total. The molecule has 6 heteroatoms. The monoisotopic (exact) mass is 278 g/mol. The number of anilines is 1. The van der Waals surface area contributed by atoms with Crippen LogP contribution in [-0.4, -0.2) is 19.7 Å². The molecular formula is C13H14N2O3S. The van der Waals surface area contributed by atoms with Gasteiger partial charge in [-0.2, -0.15) is 0 Å². The molecule has 0 aliphatic heterocycles. The zero-order chi connectivity index (χ0) is 14.0. The quantitative estimate of drug-likeness (QED) is 0.930. The van der Waals surface area contributed by atoms with Crippen molar-refractivity contribution >= 4 is 15.5 Å². The average Bonchev–Trinajstić information content (AvgIpc) is 2.32. The Balaban J connectivity index is 2.34. The van der Waals surface area contributed by atoms with Crippen LogP contribution in [0, 0.1) is 6.92 Å². The van der Waals surface area contributed by atoms with E-state index in [0.717, 1.165) is 11.8 Å². The minimum absolute atomic E-state index is 0.207. The van der Waals surface area contributed by atoms with Crippen LogP contribution in [0.5, 0.6) is 11.6 Å². The molecule has 0 bridgehead atoms. The lowest BCUT2D eigenvalue weighted by atomic mass is 10.3. The Kier molecular flexibility index (Phi) is 3.44. The summed E-state index contributed by atoms with van der Waals surface area (Å²) in [4.78, 5) is 4.27. The normalized spacial score (nSPS) is 11.3. The van der Waals surface area contributed by atoms with Gasteiger partial charge in [0.15, 0.2) is 9.84 Å². The summed E-state index contributed by atoms with van der Waals surface area (Å²) >= 11 is 0. The van der Waals surface area contributed by atoms with Crippen molar-refractivity contribution in [2.75, 3.05) is 12.0 Å². The summed E-state index contributed by atoms with van der Waals surface area (Å²) in [5.41, 5.74) is 6.94. The minimum Gasteiger partial charge on any atom is -0.439 e. The number of hydrogen-bond donors (Lipinski definition) is 1. The van der Waals surface area contributed by atoms with Crippen molar-refractivity contribution in [3.63, 3.8) is 0 Å². The molecule has 0 unspecified atom stereocenters. The molecule has 0 saturated carbocycles. The summed E-state index contributed by atoms with van der Waals surface area (Å²) in [6.45, 7) is 1.82. The van der Waals surface area contributed by atoms with Gasteiger partial charge in [0, 0.05) is 11.8 Å². The van der Waals surface area contributed by atoms with Crippen molar-refractivity contribution in [3.05, 3.63) is 42.1 Å². The topological polar surface area (TPSA) is 82.3 Å². The Morgan fingerprint density at radius 3 is 2.63 bits per heavy atom. The summed E-state index contributed by atoms with van der Waals surface area (Å²) in [5, 5.41) is 0. The fraction of sp³-hybridized carbons (Fsp3) is 0.154. The molecule has 2 rings (SSSR count). The maximum Gasteiger partial charge on any atom is 0.222 e. The van der Waals surface area contributed by atoms with Crippen molar-refractivity contribution in [3.8, 4) is 11.6 Å². The smallest absolute Gasteiger partial charge is 0.222 e. The van der Waals surface area contributed by atoms with E-state index in [9.17, 15) is 8.42 Å². The lowest BCUT2D eigenvalue weighted by Crippen LogP contribution is -1.98. The van der Waals surface area contributed by atoms with Gasteiger partial charge in [-0.15, -0.1) is 0 Å². The molecule has 0 fully saturated rings. The first-order valence-corrected chi connectivity index (χ1v) is 7.45. The Hall–Kier alpha value is -2.08. The van der Waals surface area contributed by atoms with E-state index in [2.05, 4.69) is 4.98 Å². The van der Waals surface area contributed by atoms with Gasteiger partial charge in [-0.05, 0) is 31.2 Å². The van der Waals surface area contributed by atoms with Gasteiger partial charge in [0.1, 0.15) is 5.75 Å². The van der Waals surface area contributed by atoms with Crippen molar-refractivity contribution in [1.82, 2.24) is 4.98 Å². The number of rotatable bonds is 3. The van der Waals surface area contributed by atoms with E-state index in [1.807, 2.05) is 6.92 Å². The third-order valence-corrected chi connectivity index (χ3v) is 3.61. The lowest BCUT2D eigenvalue weighted by molar-refractivity contribution is 0.457. The predicted octanol–water partition coefficient (Wildman–Crippen LogP) is 2.17. The highest BCUT2D eigenvalue weighted by atomic mass is 32.2. The SMILES string of the molecule is Cc1cc(N)cnc1Oc1cccc(S(C)(=O)=O)c1. The van der Waals surface area contributed by atoms with Gasteiger partial charge in [-0.25, -0.2) is 13.4 Å². The highest BCUT2D eigenvalue weighted by Gasteiger charge is 2.09. The van der Waals surface area contributed by atoms with E-state index < -0.39 is 9.84 Å². The summed E-state index contributed by atoms with van der Waals surface area (Å²) in [6.07, 6.45) is 2.64. The number of aromatic nitrogens is 1. The molecular weight excluding hydrogens is 264 g/mol. The molecule has 2 aromatic rings. The number of aryl methyl sites for hydroxylation is 1. The average molecular weight is 278 g/mol. The molecule has 100 valence electrons. The number of nitrogen functional groups attached to an aromatic ring is 1. The molecule has 1 heterocycles. The van der Waals surface area contributed by atoms with Crippen LogP contribution in [0.4, 0.5) is 5.69 Å². The Bertz CT molecular complexity index is 712. The lowest BCUT2D eigenvalue weighted by Gasteiger charge is -2.08. The van der Waals surface area contributed by atoms with Crippen molar-refractivity contribution in [2.45, 2.75) is 11.8 Å². The molecule has 0 saturated heterocycles. The van der Waals surface area contributed by atoms with Crippen molar-refractivity contribution < 1.29 is 13.2 Å². The van der Waals surface area contributed by atoms with Gasteiger partial charge in [0.2, 0.25) is 5.88 Å². The Morgan fingerprint density at radius 2 is 2.00 bits per heavy atom. The minimum atomic E-state index is -3.25. The van der Waals surface area contributed by atoms with Crippen LogP contribution in [0.1, 0.15) is 5.56 Å². The van der Waals surface area contributed by atoms with Crippen molar-refractivity contribution in [2.24, 2.45) is 0 Å². The van der Waals surface area contributed by atoms with Crippen LogP contribution in [0.15, 0.2) is 41.4 Å². The molecule has 0 atom stereocenters. The van der Waals surface area contributed by atoms with Gasteiger partial charge < -0.3 is 10.5 Å². The molecule has 0 spiro atoms.